The van der Waals surface area contributed by atoms with Gasteiger partial charge in [0.15, 0.2) is 0 Å². The van der Waals surface area contributed by atoms with Gasteiger partial charge in [-0.25, -0.2) is 0 Å². The van der Waals surface area contributed by atoms with E-state index in [1.54, 1.807) is 12.1 Å². The third kappa shape index (κ3) is 4.25. The molecule has 0 aromatic heterocycles. The Morgan fingerprint density at radius 2 is 1.55 bits per heavy atom. The minimum absolute atomic E-state index is 0.0274. The van der Waals surface area contributed by atoms with Crippen LogP contribution in [0.1, 0.15) is 10.4 Å². The number of nitrogens with zero attached hydrogens (tertiary/aromatic N) is 2. The third-order valence-electron chi connectivity index (χ3n) is 4.34. The SMILES string of the molecule is O=C(Nc1ccccc1)c1cc(N=Nc2cc(Cl)ccc2O)c2ccccc2c1. The Morgan fingerprint density at radius 1 is 0.828 bits per heavy atom. The number of carbonyl (C=O) groups excluding carboxylic acids is 1. The van der Waals surface area contributed by atoms with Crippen LogP contribution in [0.4, 0.5) is 17.1 Å². The molecule has 6 heteroatoms. The number of azo groups is 1. The number of fused-ring (bicyclic) bond motifs is 1. The molecule has 0 aliphatic rings. The summed E-state index contributed by atoms with van der Waals surface area (Å²) in [5, 5.41) is 23.4. The zero-order valence-corrected chi connectivity index (χ0v) is 16.0. The number of amides is 1. The van der Waals surface area contributed by atoms with Gasteiger partial charge in [0.25, 0.3) is 5.91 Å². The maximum atomic E-state index is 12.7. The first kappa shape index (κ1) is 18.7. The van der Waals surface area contributed by atoms with Crippen molar-refractivity contribution in [3.63, 3.8) is 0 Å². The fraction of sp³-hybridized carbons (Fsp3) is 0. The Labute approximate surface area is 172 Å². The fourth-order valence-electron chi connectivity index (χ4n) is 2.91. The van der Waals surface area contributed by atoms with E-state index in [0.29, 0.717) is 22.0 Å². The first-order valence-corrected chi connectivity index (χ1v) is 9.27. The number of aromatic hydroxyl groups is 1. The van der Waals surface area contributed by atoms with E-state index in [1.165, 1.54) is 12.1 Å². The van der Waals surface area contributed by atoms with E-state index in [0.717, 1.165) is 10.8 Å². The summed E-state index contributed by atoms with van der Waals surface area (Å²) in [6.07, 6.45) is 0. The molecule has 4 aromatic rings. The molecule has 0 saturated heterocycles. The Balaban J connectivity index is 1.74. The standard InChI is InChI=1S/C23H16ClN3O2/c24-17-10-11-22(28)21(14-17)27-26-20-13-16(12-15-6-4-5-9-19(15)20)23(29)25-18-7-2-1-3-8-18/h1-14,28H,(H,25,29). The minimum Gasteiger partial charge on any atom is -0.506 e. The van der Waals surface area contributed by atoms with E-state index < -0.39 is 0 Å². The molecule has 5 nitrogen and oxygen atoms in total. The van der Waals surface area contributed by atoms with Crippen LogP contribution in [-0.4, -0.2) is 11.0 Å². The molecule has 0 heterocycles. The summed E-state index contributed by atoms with van der Waals surface area (Å²) < 4.78 is 0. The zero-order chi connectivity index (χ0) is 20.2. The molecule has 0 saturated carbocycles. The molecule has 0 aliphatic heterocycles. The number of hydrogen-bond donors (Lipinski definition) is 2. The van der Waals surface area contributed by atoms with Crippen LogP contribution in [0.2, 0.25) is 5.02 Å². The second kappa shape index (κ2) is 8.12. The normalized spacial score (nSPS) is 11.1. The van der Waals surface area contributed by atoms with Crippen LogP contribution in [0.15, 0.2) is 95.2 Å². The largest absolute Gasteiger partial charge is 0.506 e. The molecule has 4 rings (SSSR count). The highest BCUT2D eigenvalue weighted by Gasteiger charge is 2.11. The minimum atomic E-state index is -0.246. The number of phenolic OH excluding ortho intramolecular Hbond substituents is 1. The van der Waals surface area contributed by atoms with Crippen LogP contribution in [0.3, 0.4) is 0 Å². The highest BCUT2D eigenvalue weighted by Crippen LogP contribution is 2.33. The van der Waals surface area contributed by atoms with Crippen molar-refractivity contribution in [1.29, 1.82) is 0 Å². The van der Waals surface area contributed by atoms with Crippen LogP contribution in [0, 0.1) is 0 Å². The molecule has 0 unspecified atom stereocenters. The summed E-state index contributed by atoms with van der Waals surface area (Å²) in [7, 11) is 0. The van der Waals surface area contributed by atoms with Crippen molar-refractivity contribution >= 4 is 45.3 Å². The molecular formula is C23H16ClN3O2. The summed E-state index contributed by atoms with van der Waals surface area (Å²) >= 11 is 5.97. The van der Waals surface area contributed by atoms with Gasteiger partial charge in [-0.15, -0.1) is 10.2 Å². The number of para-hydroxylation sites is 1. The van der Waals surface area contributed by atoms with E-state index in [1.807, 2.05) is 60.7 Å². The Kier molecular flexibility index (Phi) is 5.22. The highest BCUT2D eigenvalue weighted by molar-refractivity contribution is 6.30. The van der Waals surface area contributed by atoms with E-state index in [9.17, 15) is 9.90 Å². The maximum absolute atomic E-state index is 12.7. The zero-order valence-electron chi connectivity index (χ0n) is 15.2. The number of carbonyl (C=O) groups is 1. The lowest BCUT2D eigenvalue weighted by atomic mass is 10.0. The summed E-state index contributed by atoms with van der Waals surface area (Å²) in [4.78, 5) is 12.7. The first-order chi connectivity index (χ1) is 14.1. The quantitative estimate of drug-likeness (QED) is 0.366. The molecule has 0 fully saturated rings. The van der Waals surface area contributed by atoms with Gasteiger partial charge in [-0.3, -0.25) is 4.79 Å². The number of anilines is 1. The first-order valence-electron chi connectivity index (χ1n) is 8.89. The van der Waals surface area contributed by atoms with Crippen molar-refractivity contribution < 1.29 is 9.90 Å². The van der Waals surface area contributed by atoms with Gasteiger partial charge in [-0.1, -0.05) is 54.1 Å². The number of hydrogen-bond acceptors (Lipinski definition) is 4. The number of benzene rings is 4. The number of phenols is 1. The van der Waals surface area contributed by atoms with Gasteiger partial charge in [-0.2, -0.15) is 0 Å². The van der Waals surface area contributed by atoms with Crippen LogP contribution < -0.4 is 5.32 Å². The van der Waals surface area contributed by atoms with E-state index in [-0.39, 0.29) is 17.3 Å². The molecule has 142 valence electrons. The van der Waals surface area contributed by atoms with Crippen molar-refractivity contribution in [3.8, 4) is 5.75 Å². The molecule has 0 radical (unpaired) electrons. The van der Waals surface area contributed by atoms with Gasteiger partial charge in [-0.05, 0) is 47.9 Å². The van der Waals surface area contributed by atoms with Crippen molar-refractivity contribution in [2.45, 2.75) is 0 Å². The molecule has 0 spiro atoms. The van der Waals surface area contributed by atoms with Gasteiger partial charge in [0.2, 0.25) is 0 Å². The Bertz CT molecular complexity index is 1220. The van der Waals surface area contributed by atoms with Gasteiger partial charge in [0, 0.05) is 21.7 Å². The molecule has 0 bridgehead atoms. The van der Waals surface area contributed by atoms with Gasteiger partial charge in [0.05, 0.1) is 5.69 Å². The van der Waals surface area contributed by atoms with Crippen molar-refractivity contribution in [1.82, 2.24) is 0 Å². The number of rotatable bonds is 4. The predicted molar refractivity (Wildman–Crippen MR) is 116 cm³/mol. The summed E-state index contributed by atoms with van der Waals surface area (Å²) in [6, 6.07) is 24.9. The van der Waals surface area contributed by atoms with Crippen molar-refractivity contribution in [2.75, 3.05) is 5.32 Å². The van der Waals surface area contributed by atoms with Crippen molar-refractivity contribution in [2.24, 2.45) is 10.2 Å². The monoisotopic (exact) mass is 401 g/mol. The second-order valence-electron chi connectivity index (χ2n) is 6.37. The average molecular weight is 402 g/mol. The van der Waals surface area contributed by atoms with Gasteiger partial charge >= 0.3 is 0 Å². The van der Waals surface area contributed by atoms with Crippen LogP contribution in [0.25, 0.3) is 10.8 Å². The van der Waals surface area contributed by atoms with Gasteiger partial charge < -0.3 is 10.4 Å². The molecule has 2 N–H and O–H groups in total. The smallest absolute Gasteiger partial charge is 0.255 e. The van der Waals surface area contributed by atoms with E-state index in [2.05, 4.69) is 15.5 Å². The van der Waals surface area contributed by atoms with E-state index >= 15 is 0 Å². The molecular weight excluding hydrogens is 386 g/mol. The molecule has 0 aliphatic carbocycles. The topological polar surface area (TPSA) is 74.0 Å². The molecule has 1 amide bonds. The lowest BCUT2D eigenvalue weighted by Crippen LogP contribution is -2.11. The van der Waals surface area contributed by atoms with Crippen LogP contribution in [0.5, 0.6) is 5.75 Å². The summed E-state index contributed by atoms with van der Waals surface area (Å²) in [5.74, 6) is -0.274. The molecule has 29 heavy (non-hydrogen) atoms. The third-order valence-corrected chi connectivity index (χ3v) is 4.57. The number of nitrogens with one attached hydrogen (secondary N) is 1. The average Bonchev–Trinajstić information content (AvgIpc) is 2.74. The van der Waals surface area contributed by atoms with Crippen LogP contribution >= 0.6 is 11.6 Å². The lowest BCUT2D eigenvalue weighted by molar-refractivity contribution is 0.102. The maximum Gasteiger partial charge on any atom is 0.255 e. The molecule has 0 atom stereocenters. The number of halogens is 1. The van der Waals surface area contributed by atoms with Gasteiger partial charge in [0.1, 0.15) is 11.4 Å². The lowest BCUT2D eigenvalue weighted by Gasteiger charge is -2.08. The summed E-state index contributed by atoms with van der Waals surface area (Å²) in [5.41, 5.74) is 1.93. The Morgan fingerprint density at radius 3 is 2.38 bits per heavy atom. The van der Waals surface area contributed by atoms with E-state index in [4.69, 9.17) is 11.6 Å². The van der Waals surface area contributed by atoms with Crippen molar-refractivity contribution in [3.05, 3.63) is 95.5 Å². The Hall–Kier alpha value is -3.70. The summed E-state index contributed by atoms with van der Waals surface area (Å²) in [6.45, 7) is 0. The molecule has 4 aromatic carbocycles. The second-order valence-corrected chi connectivity index (χ2v) is 6.81. The fourth-order valence-corrected chi connectivity index (χ4v) is 3.08. The van der Waals surface area contributed by atoms with Crippen LogP contribution in [-0.2, 0) is 0 Å². The highest BCUT2D eigenvalue weighted by atomic mass is 35.5. The predicted octanol–water partition coefficient (Wildman–Crippen LogP) is 6.87.